The lowest BCUT2D eigenvalue weighted by molar-refractivity contribution is 0.328. The van der Waals surface area contributed by atoms with Crippen LogP contribution in [0.1, 0.15) is 17.7 Å². The largest absolute Gasteiger partial charge is 0.350 e. The molecule has 0 radical (unpaired) electrons. The summed E-state index contributed by atoms with van der Waals surface area (Å²) in [5.74, 6) is 0.311. The highest BCUT2D eigenvalue weighted by Crippen LogP contribution is 2.19. The van der Waals surface area contributed by atoms with Gasteiger partial charge in [0.05, 0.1) is 5.02 Å². The topological polar surface area (TPSA) is 41.1 Å². The molecule has 0 bridgehead atoms. The van der Waals surface area contributed by atoms with Crippen LogP contribution in [0, 0.1) is 12.7 Å². The summed E-state index contributed by atoms with van der Waals surface area (Å²) in [6.45, 7) is 4.53. The van der Waals surface area contributed by atoms with Gasteiger partial charge in [-0.1, -0.05) is 17.7 Å². The van der Waals surface area contributed by atoms with E-state index in [1.165, 1.54) is 6.07 Å². The van der Waals surface area contributed by atoms with Crippen molar-refractivity contribution in [1.82, 2.24) is 14.9 Å². The van der Waals surface area contributed by atoms with Crippen LogP contribution in [0.3, 0.4) is 0 Å². The van der Waals surface area contributed by atoms with Crippen LogP contribution in [-0.4, -0.2) is 34.0 Å². The Morgan fingerprint density at radius 3 is 3.05 bits per heavy atom. The fraction of sp³-hybridized carbons (Fsp3) is 0.375. The van der Waals surface area contributed by atoms with E-state index in [0.29, 0.717) is 12.0 Å². The Labute approximate surface area is 134 Å². The minimum Gasteiger partial charge on any atom is -0.350 e. The minimum absolute atomic E-state index is 0.168. The molecule has 1 aliphatic heterocycles. The lowest BCUT2D eigenvalue weighted by Gasteiger charge is -2.17. The molecule has 116 valence electrons. The number of anilines is 1. The SMILES string of the molecule is Cc1ccnc(NC2CCN(Cc3ccc(Cl)c(F)c3)C2)n1. The van der Waals surface area contributed by atoms with Crippen molar-refractivity contribution in [3.8, 4) is 0 Å². The second-order valence-corrected chi connectivity index (χ2v) is 6.04. The molecular formula is C16H18ClFN4. The fourth-order valence-corrected chi connectivity index (χ4v) is 2.81. The summed E-state index contributed by atoms with van der Waals surface area (Å²) in [6.07, 6.45) is 2.78. The van der Waals surface area contributed by atoms with Gasteiger partial charge in [-0.3, -0.25) is 4.90 Å². The summed E-state index contributed by atoms with van der Waals surface area (Å²) >= 11 is 5.71. The van der Waals surface area contributed by atoms with Crippen molar-refractivity contribution in [3.05, 3.63) is 52.6 Å². The third-order valence-electron chi connectivity index (χ3n) is 3.79. The van der Waals surface area contributed by atoms with Crippen LogP contribution in [0.2, 0.25) is 5.02 Å². The molecule has 1 N–H and O–H groups in total. The molecule has 1 saturated heterocycles. The first kappa shape index (κ1) is 15.2. The second kappa shape index (κ2) is 6.58. The Morgan fingerprint density at radius 1 is 1.41 bits per heavy atom. The summed E-state index contributed by atoms with van der Waals surface area (Å²) in [7, 11) is 0. The molecule has 4 nitrogen and oxygen atoms in total. The van der Waals surface area contributed by atoms with Crippen molar-refractivity contribution in [3.63, 3.8) is 0 Å². The van der Waals surface area contributed by atoms with E-state index >= 15 is 0 Å². The van der Waals surface area contributed by atoms with Gasteiger partial charge in [-0.2, -0.15) is 0 Å². The lowest BCUT2D eigenvalue weighted by atomic mass is 10.2. The van der Waals surface area contributed by atoms with Gasteiger partial charge in [0.2, 0.25) is 5.95 Å². The van der Waals surface area contributed by atoms with E-state index in [4.69, 9.17) is 11.6 Å². The first-order valence-corrected chi connectivity index (χ1v) is 7.70. The van der Waals surface area contributed by atoms with Crippen LogP contribution in [0.15, 0.2) is 30.5 Å². The standard InChI is InChI=1S/C16H18ClFN4/c1-11-4-6-19-16(20-11)21-13-5-7-22(10-13)9-12-2-3-14(17)15(18)8-12/h2-4,6,8,13H,5,7,9-10H2,1H3,(H,19,20,21). The van der Waals surface area contributed by atoms with Gasteiger partial charge in [0, 0.05) is 37.6 Å². The number of halogens is 2. The van der Waals surface area contributed by atoms with Crippen molar-refractivity contribution < 1.29 is 4.39 Å². The first-order valence-electron chi connectivity index (χ1n) is 7.32. The predicted molar refractivity (Wildman–Crippen MR) is 85.5 cm³/mol. The molecule has 6 heteroatoms. The van der Waals surface area contributed by atoms with Gasteiger partial charge in [-0.25, -0.2) is 14.4 Å². The van der Waals surface area contributed by atoms with Gasteiger partial charge in [0.25, 0.3) is 0 Å². The van der Waals surface area contributed by atoms with Gasteiger partial charge in [0.1, 0.15) is 5.82 Å². The average molecular weight is 321 g/mol. The highest BCUT2D eigenvalue weighted by molar-refractivity contribution is 6.30. The molecule has 1 fully saturated rings. The smallest absolute Gasteiger partial charge is 0.223 e. The molecule has 1 aliphatic rings. The summed E-state index contributed by atoms with van der Waals surface area (Å²) in [4.78, 5) is 10.9. The molecule has 2 aromatic rings. The molecule has 1 aromatic heterocycles. The number of likely N-dealkylation sites (tertiary alicyclic amines) is 1. The van der Waals surface area contributed by atoms with E-state index in [-0.39, 0.29) is 10.8 Å². The second-order valence-electron chi connectivity index (χ2n) is 5.64. The molecule has 1 atom stereocenters. The Balaban J connectivity index is 1.57. The predicted octanol–water partition coefficient (Wildman–Crippen LogP) is 3.26. The number of benzene rings is 1. The third kappa shape index (κ3) is 3.72. The number of hydrogen-bond acceptors (Lipinski definition) is 4. The van der Waals surface area contributed by atoms with Crippen LogP contribution in [0.5, 0.6) is 0 Å². The zero-order valence-electron chi connectivity index (χ0n) is 12.4. The highest BCUT2D eigenvalue weighted by Gasteiger charge is 2.23. The minimum atomic E-state index is -0.360. The summed E-state index contributed by atoms with van der Waals surface area (Å²) in [5.41, 5.74) is 1.89. The maximum atomic E-state index is 13.5. The molecule has 0 saturated carbocycles. The summed E-state index contributed by atoms with van der Waals surface area (Å²) in [6, 6.07) is 7.18. The van der Waals surface area contributed by atoms with Gasteiger partial charge in [-0.05, 0) is 37.1 Å². The van der Waals surface area contributed by atoms with Crippen molar-refractivity contribution in [2.45, 2.75) is 25.9 Å². The quantitative estimate of drug-likeness (QED) is 0.938. The molecule has 2 heterocycles. The summed E-state index contributed by atoms with van der Waals surface area (Å²) < 4.78 is 13.5. The monoisotopic (exact) mass is 320 g/mol. The molecule has 22 heavy (non-hydrogen) atoms. The molecule has 1 aromatic carbocycles. The number of aromatic nitrogens is 2. The average Bonchev–Trinajstić information content (AvgIpc) is 2.90. The van der Waals surface area contributed by atoms with Crippen molar-refractivity contribution in [2.75, 3.05) is 18.4 Å². The molecule has 0 amide bonds. The van der Waals surface area contributed by atoms with Gasteiger partial charge in [0.15, 0.2) is 0 Å². The molecule has 0 aliphatic carbocycles. The normalized spacial score (nSPS) is 18.6. The van der Waals surface area contributed by atoms with Crippen molar-refractivity contribution in [1.29, 1.82) is 0 Å². The van der Waals surface area contributed by atoms with Crippen LogP contribution in [0.25, 0.3) is 0 Å². The number of nitrogens with zero attached hydrogens (tertiary/aromatic N) is 3. The van der Waals surface area contributed by atoms with E-state index in [2.05, 4.69) is 20.2 Å². The number of rotatable bonds is 4. The Bertz CT molecular complexity index is 664. The van der Waals surface area contributed by atoms with Gasteiger partial charge in [-0.15, -0.1) is 0 Å². The van der Waals surface area contributed by atoms with E-state index < -0.39 is 0 Å². The Kier molecular flexibility index (Phi) is 4.55. The summed E-state index contributed by atoms with van der Waals surface area (Å²) in [5, 5.41) is 3.53. The first-order chi connectivity index (χ1) is 10.6. The maximum absolute atomic E-state index is 13.5. The highest BCUT2D eigenvalue weighted by atomic mass is 35.5. The molecule has 1 unspecified atom stereocenters. The molecular weight excluding hydrogens is 303 g/mol. The van der Waals surface area contributed by atoms with E-state index in [9.17, 15) is 4.39 Å². The van der Waals surface area contributed by atoms with Crippen LogP contribution in [-0.2, 0) is 6.54 Å². The number of nitrogens with one attached hydrogen (secondary N) is 1. The van der Waals surface area contributed by atoms with Crippen molar-refractivity contribution >= 4 is 17.5 Å². The van der Waals surface area contributed by atoms with E-state index in [1.54, 1.807) is 12.3 Å². The lowest BCUT2D eigenvalue weighted by Crippen LogP contribution is -2.26. The van der Waals surface area contributed by atoms with Crippen LogP contribution >= 0.6 is 11.6 Å². The van der Waals surface area contributed by atoms with Crippen molar-refractivity contribution in [2.24, 2.45) is 0 Å². The van der Waals surface area contributed by atoms with E-state index in [1.807, 2.05) is 19.1 Å². The zero-order valence-corrected chi connectivity index (χ0v) is 13.1. The molecule has 0 spiro atoms. The van der Waals surface area contributed by atoms with Gasteiger partial charge < -0.3 is 5.32 Å². The van der Waals surface area contributed by atoms with Gasteiger partial charge >= 0.3 is 0 Å². The third-order valence-corrected chi connectivity index (χ3v) is 4.10. The number of aryl methyl sites for hydroxylation is 1. The van der Waals surface area contributed by atoms with Crippen LogP contribution < -0.4 is 5.32 Å². The maximum Gasteiger partial charge on any atom is 0.223 e. The van der Waals surface area contributed by atoms with E-state index in [0.717, 1.165) is 37.3 Å². The Hall–Kier alpha value is -1.72. The molecule has 3 rings (SSSR count). The Morgan fingerprint density at radius 2 is 2.27 bits per heavy atom. The zero-order chi connectivity index (χ0) is 15.5. The fourth-order valence-electron chi connectivity index (χ4n) is 2.69. The number of hydrogen-bond donors (Lipinski definition) is 1. The van der Waals surface area contributed by atoms with Crippen LogP contribution in [0.4, 0.5) is 10.3 Å².